The quantitative estimate of drug-likeness (QED) is 0.709. The number of nitrogens with one attached hydrogen (secondary N) is 1. The van der Waals surface area contributed by atoms with Gasteiger partial charge in [0.1, 0.15) is 0 Å². The van der Waals surface area contributed by atoms with Crippen LogP contribution in [0.1, 0.15) is 29.2 Å². The number of aromatic nitrogens is 2. The van der Waals surface area contributed by atoms with E-state index >= 15 is 0 Å². The zero-order valence-corrected chi connectivity index (χ0v) is 14.7. The summed E-state index contributed by atoms with van der Waals surface area (Å²) in [4.78, 5) is 24.8. The second-order valence-corrected chi connectivity index (χ2v) is 6.26. The van der Waals surface area contributed by atoms with E-state index in [0.717, 1.165) is 22.3 Å². The zero-order chi connectivity index (χ0) is 17.8. The minimum atomic E-state index is -0.925. The highest BCUT2D eigenvalue weighted by Crippen LogP contribution is 2.19. The fraction of sp³-hybridized carbons (Fsp3) is 0.222. The third-order valence-corrected chi connectivity index (χ3v) is 4.49. The molecule has 3 aromatic rings. The largest absolute Gasteiger partial charge is 0.448 e. The number of nitrogens with zero attached hydrogens (tertiary/aromatic N) is 2. The van der Waals surface area contributed by atoms with Crippen molar-refractivity contribution in [3.8, 4) is 0 Å². The first-order chi connectivity index (χ1) is 12.1. The highest BCUT2D eigenvalue weighted by molar-refractivity contribution is 7.07. The van der Waals surface area contributed by atoms with Crippen molar-refractivity contribution in [2.45, 2.75) is 26.4 Å². The fourth-order valence-electron chi connectivity index (χ4n) is 2.37. The van der Waals surface area contributed by atoms with Crippen molar-refractivity contribution in [1.82, 2.24) is 9.59 Å². The molecular formula is C18H17N3O3S. The smallest absolute Gasteiger partial charge is 0.352 e. The predicted molar refractivity (Wildman–Crippen MR) is 96.7 cm³/mol. The Bertz CT molecular complexity index is 923. The van der Waals surface area contributed by atoms with Crippen LogP contribution in [0.3, 0.4) is 0 Å². The summed E-state index contributed by atoms with van der Waals surface area (Å²) in [5, 5.41) is 8.75. The molecule has 1 N–H and O–H groups in total. The van der Waals surface area contributed by atoms with E-state index in [1.54, 1.807) is 0 Å². The lowest BCUT2D eigenvalue weighted by atomic mass is 10.1. The van der Waals surface area contributed by atoms with Crippen molar-refractivity contribution in [3.05, 3.63) is 53.0 Å². The summed E-state index contributed by atoms with van der Waals surface area (Å²) in [7, 11) is 0. The maximum absolute atomic E-state index is 12.3. The Morgan fingerprint density at radius 1 is 1.20 bits per heavy atom. The second kappa shape index (κ2) is 7.40. The van der Waals surface area contributed by atoms with Gasteiger partial charge in [-0.3, -0.25) is 4.79 Å². The van der Waals surface area contributed by atoms with E-state index in [2.05, 4.69) is 14.9 Å². The van der Waals surface area contributed by atoms with Gasteiger partial charge in [0.15, 0.2) is 11.0 Å². The SMILES string of the molecule is CCc1nnsc1C(=O)O[C@@H](C)C(=O)Nc1ccc2ccccc2c1. The maximum atomic E-state index is 12.3. The number of amides is 1. The average molecular weight is 355 g/mol. The third-order valence-electron chi connectivity index (χ3n) is 3.75. The molecule has 0 fully saturated rings. The molecule has 6 nitrogen and oxygen atoms in total. The molecule has 0 aliphatic carbocycles. The number of esters is 1. The summed E-state index contributed by atoms with van der Waals surface area (Å²) in [6.07, 6.45) is -0.343. The molecule has 1 amide bonds. The number of hydrogen-bond acceptors (Lipinski definition) is 6. The first-order valence-electron chi connectivity index (χ1n) is 7.90. The van der Waals surface area contributed by atoms with Crippen LogP contribution in [0.15, 0.2) is 42.5 Å². The van der Waals surface area contributed by atoms with Crippen LogP contribution in [0.25, 0.3) is 10.8 Å². The van der Waals surface area contributed by atoms with Crippen molar-refractivity contribution in [2.75, 3.05) is 5.32 Å². The van der Waals surface area contributed by atoms with Gasteiger partial charge in [-0.25, -0.2) is 4.79 Å². The van der Waals surface area contributed by atoms with Crippen LogP contribution in [0.5, 0.6) is 0 Å². The molecule has 0 aliphatic rings. The maximum Gasteiger partial charge on any atom is 0.352 e. The van der Waals surface area contributed by atoms with Crippen molar-refractivity contribution >= 4 is 39.9 Å². The van der Waals surface area contributed by atoms with Crippen LogP contribution in [0.2, 0.25) is 0 Å². The number of ether oxygens (including phenoxy) is 1. The lowest BCUT2D eigenvalue weighted by Crippen LogP contribution is -2.30. The van der Waals surface area contributed by atoms with Gasteiger partial charge in [-0.15, -0.1) is 5.10 Å². The van der Waals surface area contributed by atoms with E-state index in [9.17, 15) is 9.59 Å². The molecule has 1 heterocycles. The number of benzene rings is 2. The van der Waals surface area contributed by atoms with Crippen molar-refractivity contribution in [1.29, 1.82) is 0 Å². The second-order valence-electron chi connectivity index (χ2n) is 5.50. The fourth-order valence-corrected chi connectivity index (χ4v) is 3.01. The van der Waals surface area contributed by atoms with Crippen LogP contribution in [-0.2, 0) is 16.0 Å². The lowest BCUT2D eigenvalue weighted by Gasteiger charge is -2.13. The van der Waals surface area contributed by atoms with E-state index in [-0.39, 0.29) is 5.91 Å². The van der Waals surface area contributed by atoms with Gasteiger partial charge >= 0.3 is 5.97 Å². The summed E-state index contributed by atoms with van der Waals surface area (Å²) in [5.74, 6) is -0.966. The molecule has 0 saturated heterocycles. The Morgan fingerprint density at radius 2 is 1.96 bits per heavy atom. The summed E-state index contributed by atoms with van der Waals surface area (Å²) >= 11 is 0.974. The predicted octanol–water partition coefficient (Wildman–Crippen LogP) is 3.44. The average Bonchev–Trinajstić information content (AvgIpc) is 3.10. The number of carbonyl (C=O) groups excluding carboxylic acids is 2. The highest BCUT2D eigenvalue weighted by atomic mass is 32.1. The first-order valence-corrected chi connectivity index (χ1v) is 8.67. The Balaban J connectivity index is 1.66. The minimum absolute atomic E-state index is 0.341. The highest BCUT2D eigenvalue weighted by Gasteiger charge is 2.23. The minimum Gasteiger partial charge on any atom is -0.448 e. The molecule has 0 spiro atoms. The standard InChI is InChI=1S/C18H17N3O3S/c1-3-15-16(25-21-20-15)18(23)24-11(2)17(22)19-14-9-8-12-6-4-5-7-13(12)10-14/h4-11H,3H2,1-2H3,(H,19,22)/t11-/m0/s1. The Kier molecular flexibility index (Phi) is 5.04. The van der Waals surface area contributed by atoms with Crippen LogP contribution >= 0.6 is 11.5 Å². The van der Waals surface area contributed by atoms with Crippen LogP contribution in [0.4, 0.5) is 5.69 Å². The van der Waals surface area contributed by atoms with Gasteiger partial charge in [-0.1, -0.05) is 41.7 Å². The van der Waals surface area contributed by atoms with E-state index in [0.29, 0.717) is 22.7 Å². The molecule has 3 rings (SSSR count). The monoisotopic (exact) mass is 355 g/mol. The van der Waals surface area contributed by atoms with Crippen LogP contribution in [-0.4, -0.2) is 27.6 Å². The summed E-state index contributed by atoms with van der Waals surface area (Å²) in [5.41, 5.74) is 1.23. The van der Waals surface area contributed by atoms with Gasteiger partial charge in [0.2, 0.25) is 0 Å². The molecule has 25 heavy (non-hydrogen) atoms. The van der Waals surface area contributed by atoms with Gasteiger partial charge in [-0.2, -0.15) is 0 Å². The van der Waals surface area contributed by atoms with E-state index in [1.807, 2.05) is 49.4 Å². The number of hydrogen-bond donors (Lipinski definition) is 1. The molecule has 1 atom stereocenters. The number of rotatable bonds is 5. The molecular weight excluding hydrogens is 338 g/mol. The molecule has 0 unspecified atom stereocenters. The van der Waals surface area contributed by atoms with Crippen molar-refractivity contribution < 1.29 is 14.3 Å². The number of aryl methyl sites for hydroxylation is 1. The topological polar surface area (TPSA) is 81.2 Å². The molecule has 0 bridgehead atoms. The molecule has 0 aliphatic heterocycles. The number of carbonyl (C=O) groups is 2. The van der Waals surface area contributed by atoms with E-state index < -0.39 is 12.1 Å². The lowest BCUT2D eigenvalue weighted by molar-refractivity contribution is -0.123. The van der Waals surface area contributed by atoms with Gasteiger partial charge < -0.3 is 10.1 Å². The molecule has 128 valence electrons. The van der Waals surface area contributed by atoms with Crippen LogP contribution in [0, 0.1) is 0 Å². The summed E-state index contributed by atoms with van der Waals surface area (Å²) in [6.45, 7) is 3.41. The third kappa shape index (κ3) is 3.83. The van der Waals surface area contributed by atoms with Crippen molar-refractivity contribution in [3.63, 3.8) is 0 Å². The molecule has 0 radical (unpaired) electrons. The van der Waals surface area contributed by atoms with Crippen molar-refractivity contribution in [2.24, 2.45) is 0 Å². The zero-order valence-electron chi connectivity index (χ0n) is 13.9. The van der Waals surface area contributed by atoms with Gasteiger partial charge in [0.25, 0.3) is 5.91 Å². The summed E-state index contributed by atoms with van der Waals surface area (Å²) in [6, 6.07) is 13.5. The van der Waals surface area contributed by atoms with Gasteiger partial charge in [-0.05, 0) is 47.8 Å². The molecule has 7 heteroatoms. The van der Waals surface area contributed by atoms with Gasteiger partial charge in [0, 0.05) is 5.69 Å². The number of fused-ring (bicyclic) bond motifs is 1. The first kappa shape index (κ1) is 17.0. The van der Waals surface area contributed by atoms with E-state index in [4.69, 9.17) is 4.74 Å². The molecule has 2 aromatic carbocycles. The summed E-state index contributed by atoms with van der Waals surface area (Å²) < 4.78 is 8.99. The van der Waals surface area contributed by atoms with Gasteiger partial charge in [0.05, 0.1) is 5.69 Å². The molecule has 0 saturated carbocycles. The molecule has 1 aromatic heterocycles. The number of anilines is 1. The Hall–Kier alpha value is -2.80. The Morgan fingerprint density at radius 3 is 2.72 bits per heavy atom. The van der Waals surface area contributed by atoms with E-state index in [1.165, 1.54) is 6.92 Å². The van der Waals surface area contributed by atoms with Crippen LogP contribution < -0.4 is 5.32 Å². The normalized spacial score (nSPS) is 11.9. The Labute approximate surface area is 149 Å².